The van der Waals surface area contributed by atoms with Gasteiger partial charge in [0.2, 0.25) is 0 Å². The number of rotatable bonds is 5. The first-order valence-electron chi connectivity index (χ1n) is 6.51. The number of nitrogens with zero attached hydrogens (tertiary/aromatic N) is 1. The average Bonchev–Trinajstić information content (AvgIpc) is 2.48. The van der Waals surface area contributed by atoms with Crippen molar-refractivity contribution < 1.29 is 14.0 Å². The number of anilines is 1. The standard InChI is InChI=1S/C16H14BrFN2O2/c1-11-8-13(17)4-7-15(11)20-16(21)10-22-19-9-12-2-5-14(18)6-3-12/h2-9H,10H2,1H3,(H,20,21)/b19-9+. The molecule has 114 valence electrons. The first-order valence-corrected chi connectivity index (χ1v) is 7.31. The highest BCUT2D eigenvalue weighted by Crippen LogP contribution is 2.19. The quantitative estimate of drug-likeness (QED) is 0.646. The van der Waals surface area contributed by atoms with Crippen LogP contribution in [0.15, 0.2) is 52.1 Å². The van der Waals surface area contributed by atoms with Crippen LogP contribution < -0.4 is 5.32 Å². The lowest BCUT2D eigenvalue weighted by Crippen LogP contribution is -2.17. The van der Waals surface area contributed by atoms with Gasteiger partial charge in [-0.2, -0.15) is 0 Å². The maximum atomic E-state index is 12.7. The van der Waals surface area contributed by atoms with Crippen molar-refractivity contribution in [1.82, 2.24) is 0 Å². The number of nitrogens with one attached hydrogen (secondary N) is 1. The molecule has 22 heavy (non-hydrogen) atoms. The van der Waals surface area contributed by atoms with Gasteiger partial charge in [0.1, 0.15) is 5.82 Å². The fraction of sp³-hybridized carbons (Fsp3) is 0.125. The molecule has 0 heterocycles. The van der Waals surface area contributed by atoms with E-state index in [0.717, 1.165) is 15.7 Å². The third kappa shape index (κ3) is 4.96. The normalized spacial score (nSPS) is 10.7. The van der Waals surface area contributed by atoms with Crippen molar-refractivity contribution in [3.63, 3.8) is 0 Å². The molecule has 2 rings (SSSR count). The fourth-order valence-corrected chi connectivity index (χ4v) is 2.17. The van der Waals surface area contributed by atoms with Crippen LogP contribution in [0.5, 0.6) is 0 Å². The molecule has 2 aromatic rings. The van der Waals surface area contributed by atoms with Crippen LogP contribution in [0.3, 0.4) is 0 Å². The third-order valence-electron chi connectivity index (χ3n) is 2.80. The molecule has 0 spiro atoms. The van der Waals surface area contributed by atoms with Gasteiger partial charge in [-0.1, -0.05) is 33.2 Å². The van der Waals surface area contributed by atoms with Crippen LogP contribution in [0.1, 0.15) is 11.1 Å². The van der Waals surface area contributed by atoms with Crippen molar-refractivity contribution in [1.29, 1.82) is 0 Å². The highest BCUT2D eigenvalue weighted by atomic mass is 79.9. The van der Waals surface area contributed by atoms with Crippen molar-refractivity contribution in [2.75, 3.05) is 11.9 Å². The van der Waals surface area contributed by atoms with Crippen LogP contribution in [0, 0.1) is 12.7 Å². The molecule has 0 unspecified atom stereocenters. The Balaban J connectivity index is 1.81. The molecule has 0 aliphatic heterocycles. The number of oxime groups is 1. The van der Waals surface area contributed by atoms with Crippen LogP contribution in [-0.2, 0) is 9.63 Å². The van der Waals surface area contributed by atoms with E-state index in [1.807, 2.05) is 19.1 Å². The molecular formula is C16H14BrFN2O2. The van der Waals surface area contributed by atoms with Crippen molar-refractivity contribution in [2.24, 2.45) is 5.16 Å². The minimum atomic E-state index is -0.317. The van der Waals surface area contributed by atoms with E-state index in [4.69, 9.17) is 4.84 Å². The Kier molecular flexibility index (Phi) is 5.66. The lowest BCUT2D eigenvalue weighted by Gasteiger charge is -2.07. The highest BCUT2D eigenvalue weighted by molar-refractivity contribution is 9.10. The number of hydrogen-bond donors (Lipinski definition) is 1. The van der Waals surface area contributed by atoms with Gasteiger partial charge < -0.3 is 10.2 Å². The maximum absolute atomic E-state index is 12.7. The van der Waals surface area contributed by atoms with Gasteiger partial charge in [-0.15, -0.1) is 0 Å². The molecule has 0 saturated heterocycles. The summed E-state index contributed by atoms with van der Waals surface area (Å²) in [6.45, 7) is 1.70. The van der Waals surface area contributed by atoms with Gasteiger partial charge in [0, 0.05) is 10.2 Å². The smallest absolute Gasteiger partial charge is 0.265 e. The lowest BCUT2D eigenvalue weighted by molar-refractivity contribution is -0.120. The van der Waals surface area contributed by atoms with Gasteiger partial charge in [-0.05, 0) is 48.4 Å². The van der Waals surface area contributed by atoms with E-state index >= 15 is 0 Å². The zero-order valence-corrected chi connectivity index (χ0v) is 13.4. The van der Waals surface area contributed by atoms with Gasteiger partial charge in [0.25, 0.3) is 5.91 Å². The minimum Gasteiger partial charge on any atom is -0.386 e. The zero-order valence-electron chi connectivity index (χ0n) is 11.8. The van der Waals surface area contributed by atoms with Crippen LogP contribution in [0.2, 0.25) is 0 Å². The largest absolute Gasteiger partial charge is 0.386 e. The van der Waals surface area contributed by atoms with Crippen LogP contribution in [0.25, 0.3) is 0 Å². The van der Waals surface area contributed by atoms with E-state index in [-0.39, 0.29) is 18.3 Å². The molecule has 0 fully saturated rings. The Bertz CT molecular complexity index is 687. The molecule has 0 radical (unpaired) electrons. The molecular weight excluding hydrogens is 351 g/mol. The second-order valence-electron chi connectivity index (χ2n) is 4.57. The summed E-state index contributed by atoms with van der Waals surface area (Å²) in [4.78, 5) is 16.7. The van der Waals surface area contributed by atoms with Gasteiger partial charge in [-0.3, -0.25) is 4.79 Å². The summed E-state index contributed by atoms with van der Waals surface area (Å²) < 4.78 is 13.7. The Hall–Kier alpha value is -2.21. The predicted octanol–water partition coefficient (Wildman–Crippen LogP) is 3.89. The summed E-state index contributed by atoms with van der Waals surface area (Å²) in [6.07, 6.45) is 1.41. The molecule has 4 nitrogen and oxygen atoms in total. The van der Waals surface area contributed by atoms with E-state index in [2.05, 4.69) is 26.4 Å². The molecule has 0 atom stereocenters. The Morgan fingerprint density at radius 3 is 2.73 bits per heavy atom. The zero-order chi connectivity index (χ0) is 15.9. The number of hydrogen-bond acceptors (Lipinski definition) is 3. The van der Waals surface area contributed by atoms with Gasteiger partial charge in [-0.25, -0.2) is 4.39 Å². The Morgan fingerprint density at radius 2 is 2.05 bits per heavy atom. The monoisotopic (exact) mass is 364 g/mol. The van der Waals surface area contributed by atoms with E-state index in [1.165, 1.54) is 18.3 Å². The summed E-state index contributed by atoms with van der Waals surface area (Å²) in [7, 11) is 0. The number of benzene rings is 2. The second-order valence-corrected chi connectivity index (χ2v) is 5.48. The Morgan fingerprint density at radius 1 is 1.32 bits per heavy atom. The van der Waals surface area contributed by atoms with Gasteiger partial charge in [0.15, 0.2) is 6.61 Å². The van der Waals surface area contributed by atoms with E-state index < -0.39 is 0 Å². The van der Waals surface area contributed by atoms with Crippen LogP contribution in [0.4, 0.5) is 10.1 Å². The lowest BCUT2D eigenvalue weighted by atomic mass is 10.2. The molecule has 1 amide bonds. The summed E-state index contributed by atoms with van der Waals surface area (Å²) in [5.74, 6) is -0.621. The molecule has 0 aliphatic carbocycles. The maximum Gasteiger partial charge on any atom is 0.265 e. The molecule has 0 saturated carbocycles. The van der Waals surface area contributed by atoms with Crippen molar-refractivity contribution in [3.05, 3.63) is 63.9 Å². The van der Waals surface area contributed by atoms with Crippen molar-refractivity contribution >= 4 is 33.7 Å². The van der Waals surface area contributed by atoms with E-state index in [9.17, 15) is 9.18 Å². The average molecular weight is 365 g/mol. The minimum absolute atomic E-state index is 0.201. The summed E-state index contributed by atoms with van der Waals surface area (Å²) >= 11 is 3.36. The van der Waals surface area contributed by atoms with Crippen molar-refractivity contribution in [2.45, 2.75) is 6.92 Å². The second kappa shape index (κ2) is 7.70. The highest BCUT2D eigenvalue weighted by Gasteiger charge is 2.05. The van der Waals surface area contributed by atoms with Crippen LogP contribution >= 0.6 is 15.9 Å². The predicted molar refractivity (Wildman–Crippen MR) is 87.5 cm³/mol. The topological polar surface area (TPSA) is 50.7 Å². The number of carbonyl (C=O) groups is 1. The summed E-state index contributed by atoms with van der Waals surface area (Å²) in [6, 6.07) is 11.3. The summed E-state index contributed by atoms with van der Waals surface area (Å²) in [5, 5.41) is 6.41. The van der Waals surface area contributed by atoms with Crippen molar-refractivity contribution in [3.8, 4) is 0 Å². The molecule has 6 heteroatoms. The summed E-state index contributed by atoms with van der Waals surface area (Å²) in [5.41, 5.74) is 2.35. The third-order valence-corrected chi connectivity index (χ3v) is 3.30. The SMILES string of the molecule is Cc1cc(Br)ccc1NC(=O)CO/N=C/c1ccc(F)cc1. The van der Waals surface area contributed by atoms with Crippen LogP contribution in [-0.4, -0.2) is 18.7 Å². The number of halogens is 2. The van der Waals surface area contributed by atoms with Gasteiger partial charge >= 0.3 is 0 Å². The number of carbonyl (C=O) groups excluding carboxylic acids is 1. The fourth-order valence-electron chi connectivity index (χ4n) is 1.70. The number of aryl methyl sites for hydroxylation is 1. The first kappa shape index (κ1) is 16.2. The molecule has 0 bridgehead atoms. The van der Waals surface area contributed by atoms with Gasteiger partial charge in [0.05, 0.1) is 6.21 Å². The van der Waals surface area contributed by atoms with E-state index in [0.29, 0.717) is 5.56 Å². The van der Waals surface area contributed by atoms with E-state index in [1.54, 1.807) is 18.2 Å². The first-order chi connectivity index (χ1) is 10.5. The molecule has 1 N–H and O–H groups in total. The molecule has 0 aromatic heterocycles. The number of amides is 1. The molecule has 0 aliphatic rings. The Labute approximate surface area is 136 Å². The molecule has 2 aromatic carbocycles.